The summed E-state index contributed by atoms with van der Waals surface area (Å²) in [7, 11) is 0. The van der Waals surface area contributed by atoms with Gasteiger partial charge >= 0.3 is 6.18 Å². The van der Waals surface area contributed by atoms with E-state index in [1.807, 2.05) is 9.80 Å². The Kier molecular flexibility index (Phi) is 5.67. The summed E-state index contributed by atoms with van der Waals surface area (Å²) in [5.41, 5.74) is 5.49. The Morgan fingerprint density at radius 1 is 1.23 bits per heavy atom. The van der Waals surface area contributed by atoms with Crippen LogP contribution in [0.4, 0.5) is 19.0 Å². The molecule has 0 aromatic carbocycles. The molecule has 1 aromatic heterocycles. The Hall–Kier alpha value is -1.87. The molecule has 144 valence electrons. The lowest BCUT2D eigenvalue weighted by molar-refractivity contribution is -0.138. The Bertz CT molecular complexity index is 614. The van der Waals surface area contributed by atoms with Crippen molar-refractivity contribution in [3.05, 3.63) is 23.9 Å². The van der Waals surface area contributed by atoms with Crippen molar-refractivity contribution >= 4 is 11.7 Å². The van der Waals surface area contributed by atoms with Crippen LogP contribution in [0, 0.1) is 0 Å². The maximum absolute atomic E-state index is 12.6. The van der Waals surface area contributed by atoms with Gasteiger partial charge in [-0.15, -0.1) is 0 Å². The highest BCUT2D eigenvalue weighted by Crippen LogP contribution is 2.29. The van der Waals surface area contributed by atoms with Crippen molar-refractivity contribution < 1.29 is 18.0 Å². The molecule has 2 fully saturated rings. The summed E-state index contributed by atoms with van der Waals surface area (Å²) in [5.74, 6) is 0.588. The van der Waals surface area contributed by atoms with Crippen LogP contribution in [0.5, 0.6) is 0 Å². The standard InChI is InChI=1S/C17H24F3N5O/c1-2-3-13-10-14(23-22-13)16(26)25-8-6-24(7-9-25)15-5-4-12(11-21-15)17(18,19)20/h4-5,11,13-14,22-23H,2-3,6-10H2,1H3. The van der Waals surface area contributed by atoms with Crippen molar-refractivity contribution in [3.63, 3.8) is 0 Å². The molecule has 2 N–H and O–H groups in total. The van der Waals surface area contributed by atoms with Crippen molar-refractivity contribution in [1.29, 1.82) is 0 Å². The summed E-state index contributed by atoms with van der Waals surface area (Å²) in [5, 5.41) is 0. The zero-order chi connectivity index (χ0) is 18.7. The van der Waals surface area contributed by atoms with E-state index in [4.69, 9.17) is 0 Å². The average Bonchev–Trinajstić information content (AvgIpc) is 3.10. The largest absolute Gasteiger partial charge is 0.417 e. The van der Waals surface area contributed by atoms with Crippen LogP contribution in [-0.2, 0) is 11.0 Å². The maximum Gasteiger partial charge on any atom is 0.417 e. The number of nitrogens with zero attached hydrogens (tertiary/aromatic N) is 3. The number of hydrogen-bond donors (Lipinski definition) is 2. The molecule has 3 rings (SSSR count). The van der Waals surface area contributed by atoms with Gasteiger partial charge in [-0.1, -0.05) is 13.3 Å². The first kappa shape index (κ1) is 18.9. The molecule has 9 heteroatoms. The second-order valence-electron chi connectivity index (χ2n) is 6.78. The molecule has 0 spiro atoms. The molecule has 2 unspecified atom stereocenters. The van der Waals surface area contributed by atoms with E-state index < -0.39 is 11.7 Å². The molecule has 2 atom stereocenters. The van der Waals surface area contributed by atoms with Crippen LogP contribution in [0.1, 0.15) is 31.7 Å². The fourth-order valence-corrected chi connectivity index (χ4v) is 3.44. The molecule has 26 heavy (non-hydrogen) atoms. The van der Waals surface area contributed by atoms with Gasteiger partial charge in [-0.05, 0) is 25.0 Å². The zero-order valence-electron chi connectivity index (χ0n) is 14.7. The highest BCUT2D eigenvalue weighted by Gasteiger charge is 2.34. The number of piperazine rings is 1. The van der Waals surface area contributed by atoms with Gasteiger partial charge in [-0.3, -0.25) is 10.2 Å². The van der Waals surface area contributed by atoms with Crippen LogP contribution in [0.2, 0.25) is 0 Å². The maximum atomic E-state index is 12.6. The van der Waals surface area contributed by atoms with Crippen LogP contribution in [-0.4, -0.2) is 54.1 Å². The van der Waals surface area contributed by atoms with E-state index in [0.29, 0.717) is 38.0 Å². The Labute approximate surface area is 150 Å². The molecule has 6 nitrogen and oxygen atoms in total. The van der Waals surface area contributed by atoms with Crippen LogP contribution >= 0.6 is 0 Å². The third kappa shape index (κ3) is 4.27. The van der Waals surface area contributed by atoms with E-state index in [1.54, 1.807) is 0 Å². The molecule has 2 aliphatic heterocycles. The molecule has 2 aliphatic rings. The summed E-state index contributed by atoms with van der Waals surface area (Å²) in [6.45, 7) is 4.31. The van der Waals surface area contributed by atoms with Gasteiger partial charge in [0, 0.05) is 38.4 Å². The second kappa shape index (κ2) is 7.79. The number of amides is 1. The van der Waals surface area contributed by atoms with Gasteiger partial charge in [0.15, 0.2) is 0 Å². The minimum atomic E-state index is -4.38. The highest BCUT2D eigenvalue weighted by molar-refractivity contribution is 5.82. The number of pyridine rings is 1. The first-order valence-corrected chi connectivity index (χ1v) is 8.96. The SMILES string of the molecule is CCCC1CC(C(=O)N2CCN(c3ccc(C(F)(F)F)cn3)CC2)NN1. The Balaban J connectivity index is 1.52. The van der Waals surface area contributed by atoms with Gasteiger partial charge in [0.2, 0.25) is 5.91 Å². The summed E-state index contributed by atoms with van der Waals surface area (Å²) in [6.07, 6.45) is -0.639. The molecule has 1 amide bonds. The predicted octanol–water partition coefficient (Wildman–Crippen LogP) is 1.78. The van der Waals surface area contributed by atoms with E-state index >= 15 is 0 Å². The quantitative estimate of drug-likeness (QED) is 0.845. The summed E-state index contributed by atoms with van der Waals surface area (Å²) in [4.78, 5) is 20.3. The van der Waals surface area contributed by atoms with Gasteiger partial charge < -0.3 is 9.80 Å². The summed E-state index contributed by atoms with van der Waals surface area (Å²) >= 11 is 0. The number of rotatable bonds is 4. The number of aromatic nitrogens is 1. The van der Waals surface area contributed by atoms with E-state index in [1.165, 1.54) is 6.07 Å². The molecular weight excluding hydrogens is 347 g/mol. The molecule has 0 aliphatic carbocycles. The van der Waals surface area contributed by atoms with Crippen molar-refractivity contribution in [2.45, 2.75) is 44.4 Å². The van der Waals surface area contributed by atoms with Crippen LogP contribution < -0.4 is 15.8 Å². The fourth-order valence-electron chi connectivity index (χ4n) is 3.44. The van der Waals surface area contributed by atoms with E-state index in [0.717, 1.165) is 31.5 Å². The van der Waals surface area contributed by atoms with Gasteiger partial charge in [0.1, 0.15) is 11.9 Å². The lowest BCUT2D eigenvalue weighted by Gasteiger charge is -2.36. The lowest BCUT2D eigenvalue weighted by atomic mass is 10.0. The number of carbonyl (C=O) groups is 1. The van der Waals surface area contributed by atoms with Gasteiger partial charge in [-0.25, -0.2) is 10.4 Å². The minimum absolute atomic E-state index is 0.0798. The third-order valence-corrected chi connectivity index (χ3v) is 4.91. The van der Waals surface area contributed by atoms with Crippen molar-refractivity contribution in [2.24, 2.45) is 0 Å². The smallest absolute Gasteiger partial charge is 0.353 e. The third-order valence-electron chi connectivity index (χ3n) is 4.91. The molecular formula is C17H24F3N5O. The van der Waals surface area contributed by atoms with Crippen molar-refractivity contribution in [2.75, 3.05) is 31.1 Å². The summed E-state index contributed by atoms with van der Waals surface area (Å²) in [6, 6.07) is 2.55. The normalized spacial score (nSPS) is 24.2. The number of anilines is 1. The van der Waals surface area contributed by atoms with Gasteiger partial charge in [0.25, 0.3) is 0 Å². The van der Waals surface area contributed by atoms with Gasteiger partial charge in [0.05, 0.1) is 5.56 Å². The monoisotopic (exact) mass is 371 g/mol. The Morgan fingerprint density at radius 3 is 2.54 bits per heavy atom. The van der Waals surface area contributed by atoms with E-state index in [-0.39, 0.29) is 11.9 Å². The minimum Gasteiger partial charge on any atom is -0.353 e. The van der Waals surface area contributed by atoms with E-state index in [9.17, 15) is 18.0 Å². The average molecular weight is 371 g/mol. The Morgan fingerprint density at radius 2 is 1.96 bits per heavy atom. The number of halogens is 3. The van der Waals surface area contributed by atoms with Crippen LogP contribution in [0.3, 0.4) is 0 Å². The number of nitrogens with one attached hydrogen (secondary N) is 2. The molecule has 1 aromatic rings. The van der Waals surface area contributed by atoms with Crippen LogP contribution in [0.25, 0.3) is 0 Å². The fraction of sp³-hybridized carbons (Fsp3) is 0.647. The summed E-state index contributed by atoms with van der Waals surface area (Å²) < 4.78 is 37.9. The molecule has 0 bridgehead atoms. The molecule has 2 saturated heterocycles. The number of alkyl halides is 3. The van der Waals surface area contributed by atoms with Gasteiger partial charge in [-0.2, -0.15) is 13.2 Å². The molecule has 3 heterocycles. The van der Waals surface area contributed by atoms with Crippen molar-refractivity contribution in [1.82, 2.24) is 20.7 Å². The topological polar surface area (TPSA) is 60.5 Å². The molecule has 0 radical (unpaired) electrons. The number of hydrazine groups is 1. The predicted molar refractivity (Wildman–Crippen MR) is 91.4 cm³/mol. The van der Waals surface area contributed by atoms with E-state index in [2.05, 4.69) is 22.8 Å². The molecule has 0 saturated carbocycles. The highest BCUT2D eigenvalue weighted by atomic mass is 19.4. The second-order valence-corrected chi connectivity index (χ2v) is 6.78. The first-order chi connectivity index (χ1) is 12.4. The first-order valence-electron chi connectivity index (χ1n) is 8.96. The zero-order valence-corrected chi connectivity index (χ0v) is 14.7. The van der Waals surface area contributed by atoms with Crippen LogP contribution in [0.15, 0.2) is 18.3 Å². The lowest BCUT2D eigenvalue weighted by Crippen LogP contribution is -2.53. The number of hydrogen-bond acceptors (Lipinski definition) is 5. The van der Waals surface area contributed by atoms with Crippen molar-refractivity contribution in [3.8, 4) is 0 Å². The number of carbonyl (C=O) groups excluding carboxylic acids is 1.